The molecule has 0 saturated carbocycles. The lowest BCUT2D eigenvalue weighted by molar-refractivity contribution is -0.305. The van der Waals surface area contributed by atoms with Crippen molar-refractivity contribution in [1.82, 2.24) is 10.2 Å². The third kappa shape index (κ3) is 17.8. The van der Waals surface area contributed by atoms with Crippen molar-refractivity contribution in [2.75, 3.05) is 13.7 Å². The average Bonchev–Trinajstić information content (AvgIpc) is 2.72. The third-order valence-electron chi connectivity index (χ3n) is 4.94. The Bertz CT molecular complexity index is 535. The number of rotatable bonds is 20. The van der Waals surface area contributed by atoms with Crippen molar-refractivity contribution >= 4 is 17.8 Å². The van der Waals surface area contributed by atoms with Crippen molar-refractivity contribution in [2.45, 2.75) is 102 Å². The molecule has 9 heteroatoms. The molecule has 0 bridgehead atoms. The maximum absolute atomic E-state index is 12.0. The minimum atomic E-state index is -0.953. The van der Waals surface area contributed by atoms with Crippen LogP contribution in [0.4, 0.5) is 0 Å². The standard InChI is InChI=1S/C21H38N4O5/c1-30-21(29)18(16-17-23-25-22)24-19(26)14-12-10-8-6-4-2-3-5-7-9-11-13-15-20(27)28/h18,22H,2-17H2,1H3,(H-,24,26,27,28). The van der Waals surface area contributed by atoms with Crippen LogP contribution < -0.4 is 15.3 Å². The van der Waals surface area contributed by atoms with E-state index in [1.807, 2.05) is 0 Å². The molecular weight excluding hydrogens is 388 g/mol. The van der Waals surface area contributed by atoms with Crippen LogP contribution in [0.2, 0.25) is 0 Å². The van der Waals surface area contributed by atoms with E-state index in [-0.39, 0.29) is 25.3 Å². The summed E-state index contributed by atoms with van der Waals surface area (Å²) >= 11 is 0. The van der Waals surface area contributed by atoms with Gasteiger partial charge in [0, 0.05) is 18.8 Å². The Morgan fingerprint density at radius 2 is 1.37 bits per heavy atom. The molecule has 30 heavy (non-hydrogen) atoms. The number of carboxylic acids is 1. The number of unbranched alkanes of at least 4 members (excludes halogenated alkanes) is 11. The lowest BCUT2D eigenvalue weighted by Crippen LogP contribution is -2.41. The van der Waals surface area contributed by atoms with E-state index in [9.17, 15) is 19.5 Å². The van der Waals surface area contributed by atoms with Gasteiger partial charge in [-0.3, -0.25) is 4.79 Å². The summed E-state index contributed by atoms with van der Waals surface area (Å²) in [6, 6.07) is -0.748. The van der Waals surface area contributed by atoms with Gasteiger partial charge in [0.15, 0.2) is 0 Å². The highest BCUT2D eigenvalue weighted by molar-refractivity contribution is 5.84. The molecule has 0 aromatic heterocycles. The molecule has 0 aliphatic heterocycles. The van der Waals surface area contributed by atoms with Crippen molar-refractivity contribution in [1.29, 1.82) is 5.53 Å². The minimum absolute atomic E-state index is 0.173. The first-order valence-electron chi connectivity index (χ1n) is 11.1. The predicted molar refractivity (Wildman–Crippen MR) is 110 cm³/mol. The predicted octanol–water partition coefficient (Wildman–Crippen LogP) is 2.80. The van der Waals surface area contributed by atoms with Crippen molar-refractivity contribution in [2.24, 2.45) is 5.11 Å². The summed E-state index contributed by atoms with van der Waals surface area (Å²) in [5.41, 5.74) is 6.61. The number of carbonyl (C=O) groups excluding carboxylic acids is 3. The molecule has 0 spiro atoms. The molecule has 1 amide bonds. The Morgan fingerprint density at radius 1 is 0.900 bits per heavy atom. The average molecular weight is 427 g/mol. The Balaban J connectivity index is 3.57. The van der Waals surface area contributed by atoms with Gasteiger partial charge in [-0.15, -0.1) is 0 Å². The van der Waals surface area contributed by atoms with Crippen LogP contribution >= 0.6 is 0 Å². The Morgan fingerprint density at radius 3 is 1.80 bits per heavy atom. The molecule has 172 valence electrons. The zero-order valence-corrected chi connectivity index (χ0v) is 18.3. The van der Waals surface area contributed by atoms with E-state index < -0.39 is 18.0 Å². The van der Waals surface area contributed by atoms with Crippen LogP contribution in [0.3, 0.4) is 0 Å². The van der Waals surface area contributed by atoms with Crippen LogP contribution in [-0.4, -0.2) is 37.5 Å². The zero-order valence-electron chi connectivity index (χ0n) is 18.3. The van der Waals surface area contributed by atoms with Crippen molar-refractivity contribution < 1.29 is 24.2 Å². The summed E-state index contributed by atoms with van der Waals surface area (Å²) < 4.78 is 4.68. The molecule has 0 fully saturated rings. The van der Waals surface area contributed by atoms with Crippen molar-refractivity contribution in [3.63, 3.8) is 0 Å². The van der Waals surface area contributed by atoms with E-state index in [4.69, 9.17) is 5.53 Å². The van der Waals surface area contributed by atoms with E-state index in [1.165, 1.54) is 39.2 Å². The highest BCUT2D eigenvalue weighted by Crippen LogP contribution is 2.13. The molecule has 0 rings (SSSR count). The van der Waals surface area contributed by atoms with Gasteiger partial charge >= 0.3 is 5.97 Å². The van der Waals surface area contributed by atoms with Crippen LogP contribution in [0.1, 0.15) is 96.3 Å². The number of nitrogens with zero attached hydrogens (tertiary/aromatic N) is 2. The smallest absolute Gasteiger partial charge is 0.328 e. The third-order valence-corrected chi connectivity index (χ3v) is 4.94. The molecule has 9 nitrogen and oxygen atoms in total. The van der Waals surface area contributed by atoms with Gasteiger partial charge in [0.1, 0.15) is 23.2 Å². The fourth-order valence-corrected chi connectivity index (χ4v) is 3.22. The molecule has 0 aromatic rings. The normalized spacial score (nSPS) is 11.4. The van der Waals surface area contributed by atoms with Gasteiger partial charge in [0.25, 0.3) is 0 Å². The van der Waals surface area contributed by atoms with E-state index in [0.29, 0.717) is 6.42 Å². The number of aliphatic carboxylic acids is 1. The Hall–Kier alpha value is -2.28. The first-order chi connectivity index (χ1) is 14.5. The monoisotopic (exact) mass is 426 g/mol. The summed E-state index contributed by atoms with van der Waals surface area (Å²) in [4.78, 5) is 36.9. The van der Waals surface area contributed by atoms with Crippen LogP contribution in [-0.2, 0) is 19.1 Å². The minimum Gasteiger partial charge on any atom is -0.550 e. The zero-order chi connectivity index (χ0) is 22.5. The molecule has 0 radical (unpaired) electrons. The quantitative estimate of drug-likeness (QED) is 0.133. The second-order valence-corrected chi connectivity index (χ2v) is 7.51. The van der Waals surface area contributed by atoms with Gasteiger partial charge in [0.05, 0.1) is 7.11 Å². The maximum Gasteiger partial charge on any atom is 0.328 e. The molecule has 0 aliphatic rings. The van der Waals surface area contributed by atoms with E-state index in [2.05, 4.69) is 20.1 Å². The lowest BCUT2D eigenvalue weighted by Gasteiger charge is -2.14. The molecule has 0 saturated heterocycles. The van der Waals surface area contributed by atoms with E-state index >= 15 is 0 Å². The van der Waals surface area contributed by atoms with Crippen LogP contribution in [0.25, 0.3) is 0 Å². The second-order valence-electron chi connectivity index (χ2n) is 7.51. The molecule has 0 aliphatic carbocycles. The molecular formula is C21H38N4O5. The Kier molecular flexibility index (Phi) is 18.5. The highest BCUT2D eigenvalue weighted by Gasteiger charge is 2.21. The van der Waals surface area contributed by atoms with Gasteiger partial charge in [-0.25, -0.2) is 4.79 Å². The fourth-order valence-electron chi connectivity index (χ4n) is 3.22. The number of esters is 1. The molecule has 2 N–H and O–H groups in total. The summed E-state index contributed by atoms with van der Waals surface area (Å²) in [5, 5.41) is 16.5. The largest absolute Gasteiger partial charge is 0.550 e. The molecule has 0 aromatic carbocycles. The fraction of sp³-hybridized carbons (Fsp3) is 0.857. The number of hydrogen-bond acceptors (Lipinski definition) is 7. The van der Waals surface area contributed by atoms with Crippen LogP contribution in [0, 0.1) is 5.53 Å². The summed E-state index contributed by atoms with van der Waals surface area (Å²) in [5.74, 6) is -1.64. The number of methoxy groups -OCH3 is 1. The number of amides is 1. The van der Waals surface area contributed by atoms with Crippen molar-refractivity contribution in [3.05, 3.63) is 0 Å². The first-order valence-corrected chi connectivity index (χ1v) is 11.1. The van der Waals surface area contributed by atoms with Gasteiger partial charge in [-0.2, -0.15) is 0 Å². The number of ether oxygens (including phenoxy) is 1. The Labute approximate surface area is 179 Å². The number of carboxylic acid groups (broad SMARTS) is 1. The summed E-state index contributed by atoms with van der Waals surface area (Å²) in [6.45, 7) is 0.186. The van der Waals surface area contributed by atoms with E-state index in [0.717, 1.165) is 44.9 Å². The van der Waals surface area contributed by atoms with Gasteiger partial charge in [-0.05, 0) is 19.3 Å². The molecule has 1 atom stereocenters. The van der Waals surface area contributed by atoms with Gasteiger partial charge in [0.2, 0.25) is 10.8 Å². The molecule has 1 unspecified atom stereocenters. The van der Waals surface area contributed by atoms with Crippen LogP contribution in [0.15, 0.2) is 5.11 Å². The van der Waals surface area contributed by atoms with Crippen molar-refractivity contribution in [3.8, 4) is 0 Å². The first kappa shape index (κ1) is 27.7. The van der Waals surface area contributed by atoms with E-state index in [1.54, 1.807) is 0 Å². The lowest BCUT2D eigenvalue weighted by atomic mass is 10.0. The van der Waals surface area contributed by atoms with Gasteiger partial charge in [-0.1, -0.05) is 64.2 Å². The highest BCUT2D eigenvalue weighted by atomic mass is 16.5. The van der Waals surface area contributed by atoms with Crippen LogP contribution in [0.5, 0.6) is 0 Å². The number of nitrogens with one attached hydrogen (secondary N) is 2. The molecule has 0 heterocycles. The maximum atomic E-state index is 12.0. The number of carbonyl (C=O) groups is 3. The SMILES string of the molecule is COC(=O)C(CCN=[N+]=N)NC(=O)CCCCCCCCCCCCCCC(=O)[O-]. The summed E-state index contributed by atoms with van der Waals surface area (Å²) in [6.07, 6.45) is 13.7. The summed E-state index contributed by atoms with van der Waals surface area (Å²) in [7, 11) is 1.27. The second kappa shape index (κ2) is 20.0. The number of hydrogen-bond donors (Lipinski definition) is 2. The van der Waals surface area contributed by atoms with Gasteiger partial charge < -0.3 is 20.0 Å². The topological polar surface area (TPSA) is 146 Å².